The number of benzene rings is 1. The molecule has 0 spiro atoms. The molecule has 0 heterocycles. The summed E-state index contributed by atoms with van der Waals surface area (Å²) in [6.45, 7) is 5.26. The fraction of sp³-hybridized carbons (Fsp3) is 0.625. The number of nitrogens with zero attached hydrogens (tertiary/aromatic N) is 1. The number of aliphatic carboxylic acids is 1. The Kier molecular flexibility index (Phi) is 9.98. The minimum absolute atomic E-state index is 0.0815. The number of esters is 1. The second kappa shape index (κ2) is 12.4. The molecule has 1 aromatic carbocycles. The minimum Gasteiger partial charge on any atom is -0.480 e. The SMILES string of the molecule is CCOC(=O)[C@H](CCc1ccccc1)NC(C)C(=O)N(C1CCCCC1)[C@@H](C)C(=O)O. The number of rotatable bonds is 11. The van der Waals surface area contributed by atoms with Crippen molar-refractivity contribution in [2.45, 2.75) is 89.9 Å². The lowest BCUT2D eigenvalue weighted by molar-refractivity contribution is -0.154. The molecule has 1 saturated carbocycles. The Morgan fingerprint density at radius 3 is 2.35 bits per heavy atom. The van der Waals surface area contributed by atoms with Crippen molar-refractivity contribution in [1.29, 1.82) is 0 Å². The van der Waals surface area contributed by atoms with Gasteiger partial charge in [-0.05, 0) is 52.0 Å². The molecule has 0 saturated heterocycles. The molecule has 0 radical (unpaired) electrons. The lowest BCUT2D eigenvalue weighted by Crippen LogP contribution is -2.57. The van der Waals surface area contributed by atoms with E-state index in [1.165, 1.54) is 4.90 Å². The highest BCUT2D eigenvalue weighted by Gasteiger charge is 2.36. The number of hydrogen-bond donors (Lipinski definition) is 2. The van der Waals surface area contributed by atoms with Crippen LogP contribution in [0.5, 0.6) is 0 Å². The number of amides is 1. The summed E-state index contributed by atoms with van der Waals surface area (Å²) in [5.74, 6) is -1.69. The van der Waals surface area contributed by atoms with Crippen molar-refractivity contribution in [3.63, 3.8) is 0 Å². The van der Waals surface area contributed by atoms with E-state index in [1.54, 1.807) is 20.8 Å². The van der Waals surface area contributed by atoms with Gasteiger partial charge in [0.15, 0.2) is 0 Å². The van der Waals surface area contributed by atoms with Crippen LogP contribution in [0.15, 0.2) is 30.3 Å². The second-order valence-electron chi connectivity index (χ2n) is 8.27. The number of carbonyl (C=O) groups is 3. The van der Waals surface area contributed by atoms with E-state index in [1.807, 2.05) is 30.3 Å². The van der Waals surface area contributed by atoms with Crippen molar-refractivity contribution in [3.05, 3.63) is 35.9 Å². The van der Waals surface area contributed by atoms with Gasteiger partial charge in [-0.2, -0.15) is 0 Å². The Balaban J connectivity index is 2.11. The highest BCUT2D eigenvalue weighted by atomic mass is 16.5. The van der Waals surface area contributed by atoms with Gasteiger partial charge in [-0.1, -0.05) is 49.6 Å². The number of carbonyl (C=O) groups excluding carboxylic acids is 2. The molecule has 1 aliphatic carbocycles. The van der Waals surface area contributed by atoms with Gasteiger partial charge in [-0.3, -0.25) is 14.9 Å². The maximum absolute atomic E-state index is 13.3. The Morgan fingerprint density at radius 2 is 1.77 bits per heavy atom. The van der Waals surface area contributed by atoms with Crippen LogP contribution in [0, 0.1) is 0 Å². The molecule has 0 bridgehead atoms. The monoisotopic (exact) mass is 432 g/mol. The van der Waals surface area contributed by atoms with Crippen LogP contribution in [0.25, 0.3) is 0 Å². The van der Waals surface area contributed by atoms with E-state index in [0.717, 1.165) is 37.7 Å². The van der Waals surface area contributed by atoms with E-state index >= 15 is 0 Å². The minimum atomic E-state index is -1.02. The van der Waals surface area contributed by atoms with Crippen molar-refractivity contribution in [2.75, 3.05) is 6.61 Å². The van der Waals surface area contributed by atoms with E-state index in [4.69, 9.17) is 4.74 Å². The lowest BCUT2D eigenvalue weighted by Gasteiger charge is -2.39. The first-order valence-electron chi connectivity index (χ1n) is 11.4. The molecule has 2 rings (SSSR count). The van der Waals surface area contributed by atoms with Gasteiger partial charge in [0.25, 0.3) is 0 Å². The number of carboxylic acid groups (broad SMARTS) is 1. The zero-order chi connectivity index (χ0) is 22.8. The Bertz CT molecular complexity index is 718. The quantitative estimate of drug-likeness (QED) is 0.522. The van der Waals surface area contributed by atoms with Crippen LogP contribution in [0.1, 0.15) is 64.9 Å². The van der Waals surface area contributed by atoms with Crippen LogP contribution in [-0.4, -0.2) is 58.6 Å². The standard InChI is InChI=1S/C24H36N2O5/c1-4-31-24(30)21(16-15-19-11-7-5-8-12-19)25-17(2)22(27)26(18(3)23(28)29)20-13-9-6-10-14-20/h5,7-8,11-12,17-18,20-21,25H,4,6,9-10,13-16H2,1-3H3,(H,28,29)/t17?,18-,21-/m0/s1. The van der Waals surface area contributed by atoms with E-state index in [2.05, 4.69) is 5.32 Å². The summed E-state index contributed by atoms with van der Waals surface area (Å²) in [4.78, 5) is 39.1. The third-order valence-electron chi connectivity index (χ3n) is 5.95. The van der Waals surface area contributed by atoms with Gasteiger partial charge in [-0.15, -0.1) is 0 Å². The predicted octanol–water partition coefficient (Wildman–Crippen LogP) is 3.16. The van der Waals surface area contributed by atoms with Crippen LogP contribution in [0.4, 0.5) is 0 Å². The van der Waals surface area contributed by atoms with Crippen molar-refractivity contribution in [1.82, 2.24) is 10.2 Å². The van der Waals surface area contributed by atoms with E-state index in [9.17, 15) is 19.5 Å². The zero-order valence-corrected chi connectivity index (χ0v) is 18.9. The molecule has 172 valence electrons. The zero-order valence-electron chi connectivity index (χ0n) is 18.9. The predicted molar refractivity (Wildman–Crippen MR) is 119 cm³/mol. The average molecular weight is 433 g/mol. The Hall–Kier alpha value is -2.41. The molecule has 7 nitrogen and oxygen atoms in total. The van der Waals surface area contributed by atoms with Crippen molar-refractivity contribution in [3.8, 4) is 0 Å². The van der Waals surface area contributed by atoms with E-state index in [-0.39, 0.29) is 18.6 Å². The fourth-order valence-corrected chi connectivity index (χ4v) is 4.23. The summed E-state index contributed by atoms with van der Waals surface area (Å²) >= 11 is 0. The molecule has 1 aromatic rings. The van der Waals surface area contributed by atoms with Gasteiger partial charge in [0, 0.05) is 6.04 Å². The summed E-state index contributed by atoms with van der Waals surface area (Å²) in [5, 5.41) is 12.7. The van der Waals surface area contributed by atoms with Gasteiger partial charge >= 0.3 is 11.9 Å². The molecule has 1 aliphatic rings. The Labute approximate surface area is 185 Å². The van der Waals surface area contributed by atoms with Gasteiger partial charge in [0.1, 0.15) is 12.1 Å². The molecule has 7 heteroatoms. The first-order chi connectivity index (χ1) is 14.8. The van der Waals surface area contributed by atoms with Gasteiger partial charge in [0.05, 0.1) is 12.6 Å². The van der Waals surface area contributed by atoms with E-state index in [0.29, 0.717) is 12.8 Å². The molecule has 1 fully saturated rings. The summed E-state index contributed by atoms with van der Waals surface area (Å²) in [7, 11) is 0. The highest BCUT2D eigenvalue weighted by molar-refractivity contribution is 5.87. The smallest absolute Gasteiger partial charge is 0.326 e. The largest absolute Gasteiger partial charge is 0.480 e. The lowest BCUT2D eigenvalue weighted by atomic mass is 9.92. The number of aryl methyl sites for hydroxylation is 1. The molecule has 2 N–H and O–H groups in total. The third-order valence-corrected chi connectivity index (χ3v) is 5.95. The third kappa shape index (κ3) is 7.35. The maximum atomic E-state index is 13.3. The highest BCUT2D eigenvalue weighted by Crippen LogP contribution is 2.25. The van der Waals surface area contributed by atoms with Crippen LogP contribution in [0.3, 0.4) is 0 Å². The molecule has 1 unspecified atom stereocenters. The number of nitrogens with one attached hydrogen (secondary N) is 1. The maximum Gasteiger partial charge on any atom is 0.326 e. The topological polar surface area (TPSA) is 95.9 Å². The number of hydrogen-bond acceptors (Lipinski definition) is 5. The van der Waals surface area contributed by atoms with Crippen LogP contribution in [-0.2, 0) is 25.5 Å². The first kappa shape index (κ1) is 24.9. The average Bonchev–Trinajstić information content (AvgIpc) is 2.77. The van der Waals surface area contributed by atoms with E-state index < -0.39 is 30.1 Å². The molecular weight excluding hydrogens is 396 g/mol. The van der Waals surface area contributed by atoms with Crippen molar-refractivity contribution < 1.29 is 24.2 Å². The van der Waals surface area contributed by atoms with Crippen LogP contribution < -0.4 is 5.32 Å². The molecule has 31 heavy (non-hydrogen) atoms. The molecule has 3 atom stereocenters. The normalized spacial score (nSPS) is 17.4. The van der Waals surface area contributed by atoms with Crippen LogP contribution in [0.2, 0.25) is 0 Å². The summed E-state index contributed by atoms with van der Waals surface area (Å²) < 4.78 is 5.22. The number of carboxylic acids is 1. The van der Waals surface area contributed by atoms with Crippen LogP contribution >= 0.6 is 0 Å². The summed E-state index contributed by atoms with van der Waals surface area (Å²) in [5.41, 5.74) is 1.10. The van der Waals surface area contributed by atoms with Gasteiger partial charge < -0.3 is 14.7 Å². The summed E-state index contributed by atoms with van der Waals surface area (Å²) in [6, 6.07) is 7.49. The molecule has 1 amide bonds. The number of ether oxygens (including phenoxy) is 1. The summed E-state index contributed by atoms with van der Waals surface area (Å²) in [6.07, 6.45) is 5.86. The molecule has 0 aliphatic heterocycles. The fourth-order valence-electron chi connectivity index (χ4n) is 4.23. The van der Waals surface area contributed by atoms with Gasteiger partial charge in [0.2, 0.25) is 5.91 Å². The van der Waals surface area contributed by atoms with Gasteiger partial charge in [-0.25, -0.2) is 4.79 Å². The molecular formula is C24H36N2O5. The Morgan fingerprint density at radius 1 is 1.13 bits per heavy atom. The second-order valence-corrected chi connectivity index (χ2v) is 8.27. The van der Waals surface area contributed by atoms with Crippen molar-refractivity contribution in [2.24, 2.45) is 0 Å². The first-order valence-corrected chi connectivity index (χ1v) is 11.4. The van der Waals surface area contributed by atoms with Crippen molar-refractivity contribution >= 4 is 17.8 Å². The molecule has 0 aromatic heterocycles.